The molecule has 0 aliphatic carbocycles. The molecule has 17 heavy (non-hydrogen) atoms. The summed E-state index contributed by atoms with van der Waals surface area (Å²) in [5.41, 5.74) is 6.11. The highest BCUT2D eigenvalue weighted by molar-refractivity contribution is 4.91. The van der Waals surface area contributed by atoms with E-state index in [9.17, 15) is 0 Å². The average Bonchev–Trinajstić information content (AvgIpc) is 2.53. The van der Waals surface area contributed by atoms with Crippen LogP contribution in [-0.4, -0.2) is 54.6 Å². The average molecular weight is 239 g/mol. The molecule has 0 saturated carbocycles. The molecular formula is C14H29N3. The Balaban J connectivity index is 1.75. The Morgan fingerprint density at radius 2 is 1.94 bits per heavy atom. The zero-order chi connectivity index (χ0) is 12.3. The Labute approximate surface area is 106 Å². The van der Waals surface area contributed by atoms with Crippen molar-refractivity contribution in [2.75, 3.05) is 26.7 Å². The first-order chi connectivity index (χ1) is 8.20. The van der Waals surface area contributed by atoms with Crippen LogP contribution < -0.4 is 5.73 Å². The second kappa shape index (κ2) is 6.17. The fourth-order valence-corrected chi connectivity index (χ4v) is 3.45. The minimum atomic E-state index is 0.415. The Morgan fingerprint density at radius 3 is 2.71 bits per heavy atom. The number of likely N-dealkylation sites (N-methyl/N-ethyl adjacent to an activating group) is 1. The predicted octanol–water partition coefficient (Wildman–Crippen LogP) is 1.67. The van der Waals surface area contributed by atoms with E-state index in [2.05, 4.69) is 23.8 Å². The lowest BCUT2D eigenvalue weighted by Crippen LogP contribution is -2.38. The van der Waals surface area contributed by atoms with Crippen molar-refractivity contribution >= 4 is 0 Å². The molecule has 3 nitrogen and oxygen atoms in total. The molecular weight excluding hydrogens is 210 g/mol. The van der Waals surface area contributed by atoms with Crippen molar-refractivity contribution in [2.45, 2.75) is 63.6 Å². The molecule has 2 rings (SSSR count). The zero-order valence-corrected chi connectivity index (χ0v) is 11.6. The third-order valence-corrected chi connectivity index (χ3v) is 4.71. The zero-order valence-electron chi connectivity index (χ0n) is 11.6. The quantitative estimate of drug-likeness (QED) is 0.792. The van der Waals surface area contributed by atoms with Gasteiger partial charge in [0.25, 0.3) is 0 Å². The number of nitrogens with zero attached hydrogens (tertiary/aromatic N) is 2. The van der Waals surface area contributed by atoms with Gasteiger partial charge < -0.3 is 10.6 Å². The summed E-state index contributed by atoms with van der Waals surface area (Å²) in [5.74, 6) is 0. The number of hydrogen-bond acceptors (Lipinski definition) is 3. The highest BCUT2D eigenvalue weighted by Crippen LogP contribution is 2.28. The molecule has 0 spiro atoms. The summed E-state index contributed by atoms with van der Waals surface area (Å²) in [6.45, 7) is 5.98. The van der Waals surface area contributed by atoms with Gasteiger partial charge in [0.05, 0.1) is 0 Å². The molecule has 3 heteroatoms. The molecule has 0 aromatic heterocycles. The van der Waals surface area contributed by atoms with Crippen molar-refractivity contribution in [1.82, 2.24) is 9.80 Å². The summed E-state index contributed by atoms with van der Waals surface area (Å²) < 4.78 is 0. The molecule has 2 bridgehead atoms. The normalized spacial score (nSPS) is 32.6. The first-order valence-electron chi connectivity index (χ1n) is 7.40. The van der Waals surface area contributed by atoms with E-state index in [1.165, 1.54) is 58.2 Å². The van der Waals surface area contributed by atoms with Crippen LogP contribution in [-0.2, 0) is 0 Å². The highest BCUT2D eigenvalue weighted by Gasteiger charge is 2.34. The van der Waals surface area contributed by atoms with Crippen molar-refractivity contribution in [3.63, 3.8) is 0 Å². The summed E-state index contributed by atoms with van der Waals surface area (Å²) >= 11 is 0. The monoisotopic (exact) mass is 239 g/mol. The second-order valence-electron chi connectivity index (χ2n) is 5.98. The van der Waals surface area contributed by atoms with Crippen LogP contribution in [0.1, 0.15) is 45.4 Å². The fraction of sp³-hybridized carbons (Fsp3) is 1.00. The minimum absolute atomic E-state index is 0.415. The number of hydrogen-bond donors (Lipinski definition) is 1. The first-order valence-corrected chi connectivity index (χ1v) is 7.40. The molecule has 0 aromatic carbocycles. The van der Waals surface area contributed by atoms with Gasteiger partial charge in [-0.25, -0.2) is 0 Å². The van der Waals surface area contributed by atoms with E-state index in [-0.39, 0.29) is 0 Å². The molecule has 0 radical (unpaired) electrons. The lowest BCUT2D eigenvalue weighted by molar-refractivity contribution is 0.214. The van der Waals surface area contributed by atoms with E-state index in [1.54, 1.807) is 0 Å². The summed E-state index contributed by atoms with van der Waals surface area (Å²) in [6, 6.07) is 2.08. The molecule has 2 saturated heterocycles. The van der Waals surface area contributed by atoms with E-state index >= 15 is 0 Å². The minimum Gasteiger partial charge on any atom is -0.328 e. The molecule has 0 amide bonds. The van der Waals surface area contributed by atoms with Gasteiger partial charge in [0.2, 0.25) is 0 Å². The Kier molecular flexibility index (Phi) is 4.83. The van der Waals surface area contributed by atoms with Crippen LogP contribution in [0, 0.1) is 0 Å². The van der Waals surface area contributed by atoms with Crippen LogP contribution in [0.5, 0.6) is 0 Å². The van der Waals surface area contributed by atoms with E-state index < -0.39 is 0 Å². The number of nitrogens with two attached hydrogens (primary N) is 1. The maximum atomic E-state index is 6.11. The van der Waals surface area contributed by atoms with Crippen LogP contribution in [0.15, 0.2) is 0 Å². The molecule has 2 fully saturated rings. The van der Waals surface area contributed by atoms with Crippen molar-refractivity contribution in [3.05, 3.63) is 0 Å². The van der Waals surface area contributed by atoms with Gasteiger partial charge in [-0.1, -0.05) is 13.3 Å². The van der Waals surface area contributed by atoms with Gasteiger partial charge in [-0.05, 0) is 52.2 Å². The van der Waals surface area contributed by atoms with Crippen LogP contribution in [0.3, 0.4) is 0 Å². The molecule has 0 aromatic rings. The summed E-state index contributed by atoms with van der Waals surface area (Å²) in [6.07, 6.45) is 7.75. The molecule has 3 unspecified atom stereocenters. The smallest absolute Gasteiger partial charge is 0.0223 e. The summed E-state index contributed by atoms with van der Waals surface area (Å²) in [5, 5.41) is 0. The molecule has 3 atom stereocenters. The summed E-state index contributed by atoms with van der Waals surface area (Å²) in [7, 11) is 2.31. The summed E-state index contributed by atoms with van der Waals surface area (Å²) in [4.78, 5) is 5.27. The van der Waals surface area contributed by atoms with Crippen molar-refractivity contribution < 1.29 is 0 Å². The third kappa shape index (κ3) is 3.43. The topological polar surface area (TPSA) is 32.5 Å². The lowest BCUT2D eigenvalue weighted by Gasteiger charge is -2.26. The van der Waals surface area contributed by atoms with Gasteiger partial charge in [-0.2, -0.15) is 0 Å². The van der Waals surface area contributed by atoms with Gasteiger partial charge in [-0.3, -0.25) is 4.90 Å². The Bertz CT molecular complexity index is 232. The van der Waals surface area contributed by atoms with E-state index in [4.69, 9.17) is 5.73 Å². The van der Waals surface area contributed by atoms with Crippen molar-refractivity contribution in [2.24, 2.45) is 5.73 Å². The van der Waals surface area contributed by atoms with Crippen LogP contribution in [0.4, 0.5) is 0 Å². The molecule has 2 N–H and O–H groups in total. The molecule has 2 heterocycles. The van der Waals surface area contributed by atoms with Gasteiger partial charge in [0.15, 0.2) is 0 Å². The fourth-order valence-electron chi connectivity index (χ4n) is 3.45. The maximum absolute atomic E-state index is 6.11. The second-order valence-corrected chi connectivity index (χ2v) is 5.98. The van der Waals surface area contributed by atoms with Crippen LogP contribution in [0.25, 0.3) is 0 Å². The van der Waals surface area contributed by atoms with Gasteiger partial charge in [0.1, 0.15) is 0 Å². The van der Waals surface area contributed by atoms with Gasteiger partial charge >= 0.3 is 0 Å². The molecule has 100 valence electrons. The standard InChI is InChI=1S/C14H29N3/c1-3-4-12(15)7-9-17-10-8-13-5-6-14(11-17)16(13)2/h12-14H,3-11,15H2,1-2H3. The SMILES string of the molecule is CCCC(N)CCN1CCC2CCC(C1)N2C. The first kappa shape index (κ1) is 13.3. The Morgan fingerprint density at radius 1 is 1.18 bits per heavy atom. The number of rotatable bonds is 5. The molecule has 2 aliphatic rings. The van der Waals surface area contributed by atoms with E-state index in [0.717, 1.165) is 12.1 Å². The van der Waals surface area contributed by atoms with Crippen LogP contribution >= 0.6 is 0 Å². The van der Waals surface area contributed by atoms with Crippen LogP contribution in [0.2, 0.25) is 0 Å². The third-order valence-electron chi connectivity index (χ3n) is 4.71. The van der Waals surface area contributed by atoms with Crippen molar-refractivity contribution in [1.29, 1.82) is 0 Å². The van der Waals surface area contributed by atoms with Gasteiger partial charge in [-0.15, -0.1) is 0 Å². The highest BCUT2D eigenvalue weighted by atomic mass is 15.3. The van der Waals surface area contributed by atoms with E-state index in [0.29, 0.717) is 6.04 Å². The number of likely N-dealkylation sites (tertiary alicyclic amines) is 1. The van der Waals surface area contributed by atoms with E-state index in [1.807, 2.05) is 0 Å². The predicted molar refractivity (Wildman–Crippen MR) is 73.1 cm³/mol. The van der Waals surface area contributed by atoms with Crippen molar-refractivity contribution in [3.8, 4) is 0 Å². The number of fused-ring (bicyclic) bond motifs is 2. The Hall–Kier alpha value is -0.120. The lowest BCUT2D eigenvalue weighted by atomic mass is 10.1. The largest absolute Gasteiger partial charge is 0.328 e. The maximum Gasteiger partial charge on any atom is 0.0223 e. The molecule has 2 aliphatic heterocycles. The van der Waals surface area contributed by atoms with Gasteiger partial charge in [0, 0.05) is 24.7 Å².